The Balaban J connectivity index is 1.40. The molecular weight excluding hydrogens is 558 g/mol. The third kappa shape index (κ3) is 5.42. The molecule has 0 aromatic heterocycles. The molecule has 0 saturated carbocycles. The third-order valence-electron chi connectivity index (χ3n) is 7.08. The lowest BCUT2D eigenvalue weighted by molar-refractivity contribution is 0.591. The first-order valence-corrected chi connectivity index (χ1v) is 17.6. The lowest BCUT2D eigenvalue weighted by atomic mass is 10.3. The lowest BCUT2D eigenvalue weighted by Gasteiger charge is -2.21. The van der Waals surface area contributed by atoms with Crippen molar-refractivity contribution in [1.29, 1.82) is 0 Å². The van der Waals surface area contributed by atoms with Crippen LogP contribution in [0.25, 0.3) is 0 Å². The Kier molecular flexibility index (Phi) is 7.95. The Bertz CT molecular complexity index is 1630. The maximum atomic E-state index is 14.9. The Morgan fingerprint density at radius 1 is 0.317 bits per heavy atom. The monoisotopic (exact) mass is 586 g/mol. The maximum absolute atomic E-state index is 14.9. The van der Waals surface area contributed by atoms with Crippen molar-refractivity contribution in [3.8, 4) is 0 Å². The van der Waals surface area contributed by atoms with Crippen LogP contribution in [0.4, 0.5) is 0 Å². The largest absolute Gasteiger partial charge is 0.309 e. The van der Waals surface area contributed by atoms with Gasteiger partial charge in [-0.2, -0.15) is 0 Å². The second-order valence-electron chi connectivity index (χ2n) is 9.66. The van der Waals surface area contributed by atoms with E-state index >= 15 is 0 Å². The van der Waals surface area contributed by atoms with E-state index in [0.29, 0.717) is 0 Å². The van der Waals surface area contributed by atoms with E-state index in [-0.39, 0.29) is 0 Å². The fourth-order valence-electron chi connectivity index (χ4n) is 5.07. The molecule has 0 aliphatic heterocycles. The van der Waals surface area contributed by atoms with Crippen LogP contribution < -0.4 is 31.8 Å². The second-order valence-corrected chi connectivity index (χ2v) is 16.3. The van der Waals surface area contributed by atoms with Gasteiger partial charge in [-0.05, 0) is 24.3 Å². The molecule has 0 saturated heterocycles. The first-order chi connectivity index (χ1) is 20.1. The standard InChI is InChI=1S/C36H28O2P2S/c37-39(29-15-5-1-6-16-29,30-17-7-2-8-18-30)33-23-13-25-35(27-33)41-36-26-14-24-34(28-36)40(38,31-19-9-3-10-20-31)32-21-11-4-12-22-32/h1-28H. The van der Waals surface area contributed by atoms with Gasteiger partial charge in [-0.1, -0.05) is 157 Å². The predicted molar refractivity (Wildman–Crippen MR) is 176 cm³/mol. The smallest absolute Gasteiger partial charge is 0.171 e. The molecule has 6 aromatic rings. The molecule has 6 aromatic carbocycles. The molecule has 0 aliphatic rings. The number of hydrogen-bond donors (Lipinski definition) is 0. The molecule has 0 bridgehead atoms. The predicted octanol–water partition coefficient (Wildman–Crippen LogP) is 7.12. The van der Waals surface area contributed by atoms with E-state index in [9.17, 15) is 9.13 Å². The van der Waals surface area contributed by atoms with E-state index in [4.69, 9.17) is 0 Å². The normalized spacial score (nSPS) is 11.7. The van der Waals surface area contributed by atoms with Crippen LogP contribution >= 0.6 is 26.0 Å². The summed E-state index contributed by atoms with van der Waals surface area (Å²) in [5, 5.41) is 4.80. The van der Waals surface area contributed by atoms with Gasteiger partial charge >= 0.3 is 0 Å². The molecule has 0 N–H and O–H groups in total. The Labute approximate surface area is 245 Å². The molecule has 200 valence electrons. The van der Waals surface area contributed by atoms with Crippen molar-refractivity contribution < 1.29 is 9.13 Å². The van der Waals surface area contributed by atoms with Gasteiger partial charge in [0.2, 0.25) is 0 Å². The van der Waals surface area contributed by atoms with Crippen LogP contribution in [0.5, 0.6) is 0 Å². The molecule has 0 radical (unpaired) electrons. The Morgan fingerprint density at radius 2 is 0.585 bits per heavy atom. The highest BCUT2D eigenvalue weighted by Gasteiger charge is 2.31. The number of benzene rings is 6. The van der Waals surface area contributed by atoms with E-state index < -0.39 is 14.3 Å². The van der Waals surface area contributed by atoms with Crippen molar-refractivity contribution >= 4 is 57.9 Å². The Hall–Kier alpha value is -3.87. The van der Waals surface area contributed by atoms with Gasteiger partial charge < -0.3 is 9.13 Å². The van der Waals surface area contributed by atoms with Crippen molar-refractivity contribution in [2.45, 2.75) is 9.79 Å². The van der Waals surface area contributed by atoms with Crippen molar-refractivity contribution in [3.05, 3.63) is 170 Å². The van der Waals surface area contributed by atoms with Crippen LogP contribution in [0.3, 0.4) is 0 Å². The first kappa shape index (κ1) is 27.3. The minimum absolute atomic E-state index is 0.787. The van der Waals surface area contributed by atoms with E-state index in [2.05, 4.69) is 0 Å². The van der Waals surface area contributed by atoms with Gasteiger partial charge in [0, 0.05) is 41.6 Å². The van der Waals surface area contributed by atoms with Crippen molar-refractivity contribution in [3.63, 3.8) is 0 Å². The molecular formula is C36H28O2P2S. The summed E-state index contributed by atoms with van der Waals surface area (Å²) in [5.41, 5.74) is 0. The van der Waals surface area contributed by atoms with Gasteiger partial charge in [-0.15, -0.1) is 0 Å². The first-order valence-electron chi connectivity index (χ1n) is 13.4. The molecule has 0 atom stereocenters. The fraction of sp³-hybridized carbons (Fsp3) is 0. The van der Waals surface area contributed by atoms with Crippen LogP contribution in [-0.2, 0) is 9.13 Å². The summed E-state index contributed by atoms with van der Waals surface area (Å²) < 4.78 is 29.8. The molecule has 6 rings (SSSR count). The van der Waals surface area contributed by atoms with Gasteiger partial charge in [0.05, 0.1) is 0 Å². The molecule has 0 spiro atoms. The van der Waals surface area contributed by atoms with Gasteiger partial charge in [-0.3, -0.25) is 0 Å². The van der Waals surface area contributed by atoms with E-state index in [0.717, 1.165) is 41.6 Å². The zero-order chi connectivity index (χ0) is 28.1. The van der Waals surface area contributed by atoms with E-state index in [1.54, 1.807) is 11.8 Å². The van der Waals surface area contributed by atoms with Crippen LogP contribution in [-0.4, -0.2) is 0 Å². The second kappa shape index (κ2) is 11.9. The highest BCUT2D eigenvalue weighted by Crippen LogP contribution is 2.45. The summed E-state index contributed by atoms with van der Waals surface area (Å²) in [6.07, 6.45) is 0. The molecule has 2 nitrogen and oxygen atoms in total. The summed E-state index contributed by atoms with van der Waals surface area (Å²) in [6, 6.07) is 54.9. The van der Waals surface area contributed by atoms with Crippen molar-refractivity contribution in [1.82, 2.24) is 0 Å². The SMILES string of the molecule is O=P(c1ccccc1)(c1ccccc1)c1cccc(Sc2cccc(P(=O)(c3ccccc3)c3ccccc3)c2)c1. The van der Waals surface area contributed by atoms with Crippen molar-refractivity contribution in [2.24, 2.45) is 0 Å². The van der Waals surface area contributed by atoms with E-state index in [1.807, 2.05) is 170 Å². The summed E-state index contributed by atoms with van der Waals surface area (Å²) in [5.74, 6) is 0. The number of rotatable bonds is 8. The van der Waals surface area contributed by atoms with Gasteiger partial charge in [0.1, 0.15) is 0 Å². The summed E-state index contributed by atoms with van der Waals surface area (Å²) in [6.45, 7) is 0. The number of hydrogen-bond acceptors (Lipinski definition) is 3. The summed E-state index contributed by atoms with van der Waals surface area (Å²) in [4.78, 5) is 1.95. The van der Waals surface area contributed by atoms with E-state index in [1.165, 1.54) is 0 Å². The van der Waals surface area contributed by atoms with Crippen LogP contribution in [0.2, 0.25) is 0 Å². The molecule has 41 heavy (non-hydrogen) atoms. The molecule has 0 heterocycles. The topological polar surface area (TPSA) is 34.1 Å². The van der Waals surface area contributed by atoms with Crippen LogP contribution in [0.1, 0.15) is 0 Å². The maximum Gasteiger partial charge on any atom is 0.171 e. The third-order valence-corrected chi connectivity index (χ3v) is 14.2. The van der Waals surface area contributed by atoms with Crippen LogP contribution in [0.15, 0.2) is 180 Å². The highest BCUT2D eigenvalue weighted by atomic mass is 32.2. The fourth-order valence-corrected chi connectivity index (χ4v) is 11.6. The average Bonchev–Trinajstić information content (AvgIpc) is 3.06. The molecule has 0 fully saturated rings. The average molecular weight is 587 g/mol. The highest BCUT2D eigenvalue weighted by molar-refractivity contribution is 7.99. The lowest BCUT2D eigenvalue weighted by Crippen LogP contribution is -2.25. The molecule has 5 heteroatoms. The zero-order valence-electron chi connectivity index (χ0n) is 22.3. The molecule has 0 unspecified atom stereocenters. The van der Waals surface area contributed by atoms with Gasteiger partial charge in [0.15, 0.2) is 14.3 Å². The minimum Gasteiger partial charge on any atom is -0.309 e. The molecule has 0 aliphatic carbocycles. The van der Waals surface area contributed by atoms with Gasteiger partial charge in [-0.25, -0.2) is 0 Å². The zero-order valence-corrected chi connectivity index (χ0v) is 24.9. The molecule has 0 amide bonds. The summed E-state index contributed by atoms with van der Waals surface area (Å²) in [7, 11) is -6.16. The summed E-state index contributed by atoms with van der Waals surface area (Å²) >= 11 is 1.59. The van der Waals surface area contributed by atoms with Crippen molar-refractivity contribution in [2.75, 3.05) is 0 Å². The van der Waals surface area contributed by atoms with Gasteiger partial charge in [0.25, 0.3) is 0 Å². The van der Waals surface area contributed by atoms with Crippen LogP contribution in [0, 0.1) is 0 Å². The Morgan fingerprint density at radius 3 is 0.878 bits per heavy atom. The minimum atomic E-state index is -3.08. The quantitative estimate of drug-likeness (QED) is 0.178.